The zero-order valence-electron chi connectivity index (χ0n) is 7.50. The molecule has 4 nitrogen and oxygen atoms in total. The largest absolute Gasteiger partial charge is 0.273 e. The molecule has 1 aromatic heterocycles. The summed E-state index contributed by atoms with van der Waals surface area (Å²) in [5.74, 6) is -3.04. The zero-order chi connectivity index (χ0) is 11.6. The van der Waals surface area contributed by atoms with E-state index in [1.807, 2.05) is 0 Å². The number of pyridine rings is 1. The third-order valence-corrected chi connectivity index (χ3v) is 3.04. The molecule has 1 heterocycles. The lowest BCUT2D eigenvalue weighted by Gasteiger charge is -2.03. The third-order valence-electron chi connectivity index (χ3n) is 1.56. The van der Waals surface area contributed by atoms with Crippen LogP contribution in [-0.4, -0.2) is 20.5 Å². The number of aromatic nitrogens is 1. The maximum absolute atomic E-state index is 13.2. The molecule has 0 unspecified atom stereocenters. The molecule has 1 rings (SSSR count). The van der Waals surface area contributed by atoms with Crippen molar-refractivity contribution in [1.82, 2.24) is 4.98 Å². The molecule has 0 aliphatic heterocycles. The summed E-state index contributed by atoms with van der Waals surface area (Å²) in [4.78, 5) is 3.28. The predicted octanol–water partition coefficient (Wildman–Crippen LogP) is 1.49. The quantitative estimate of drug-likeness (QED) is 0.770. The molecule has 0 spiro atoms. The van der Waals surface area contributed by atoms with Gasteiger partial charge in [-0.05, 0) is 0 Å². The fourth-order valence-corrected chi connectivity index (χ4v) is 1.62. The summed E-state index contributed by atoms with van der Waals surface area (Å²) < 4.78 is 51.8. The van der Waals surface area contributed by atoms with Gasteiger partial charge in [0.05, 0.1) is 19.0 Å². The molecule has 0 atom stereocenters. The fraction of sp³-hybridized carbons (Fsp3) is 0.286. The zero-order valence-corrected chi connectivity index (χ0v) is 9.07. The van der Waals surface area contributed by atoms with Crippen molar-refractivity contribution in [3.8, 4) is 0 Å². The second-order valence-corrected chi connectivity index (χ2v) is 4.66. The van der Waals surface area contributed by atoms with Gasteiger partial charge < -0.3 is 0 Å². The first-order chi connectivity index (χ1) is 6.87. The number of rotatable bonds is 3. The summed E-state index contributed by atoms with van der Waals surface area (Å²) in [7, 11) is -2.98. The minimum Gasteiger partial charge on any atom is -0.273 e. The Morgan fingerprint density at radius 3 is 2.67 bits per heavy atom. The summed E-state index contributed by atoms with van der Waals surface area (Å²) in [6.07, 6.45) is 0.645. The Balaban J connectivity index is 3.13. The van der Waals surface area contributed by atoms with E-state index in [4.69, 9.17) is 11.6 Å². The van der Waals surface area contributed by atoms with Crippen molar-refractivity contribution < 1.29 is 21.4 Å². The lowest BCUT2D eigenvalue weighted by Crippen LogP contribution is -2.09. The average molecular weight is 258 g/mol. The molecule has 84 valence electrons. The van der Waals surface area contributed by atoms with Crippen molar-refractivity contribution in [2.75, 3.05) is 7.11 Å². The highest BCUT2D eigenvalue weighted by molar-refractivity contribution is 7.85. The van der Waals surface area contributed by atoms with Crippen molar-refractivity contribution in [1.29, 1.82) is 0 Å². The van der Waals surface area contributed by atoms with Gasteiger partial charge in [-0.1, -0.05) is 11.6 Å². The first-order valence-electron chi connectivity index (χ1n) is 3.64. The molecular formula is C7H6ClF2NO3S. The fourth-order valence-electron chi connectivity index (χ4n) is 0.806. The van der Waals surface area contributed by atoms with Crippen LogP contribution in [0.3, 0.4) is 0 Å². The van der Waals surface area contributed by atoms with Crippen LogP contribution >= 0.6 is 11.6 Å². The van der Waals surface area contributed by atoms with E-state index in [0.29, 0.717) is 6.20 Å². The molecule has 0 fully saturated rings. The molecule has 0 saturated heterocycles. The minimum atomic E-state index is -3.91. The predicted molar refractivity (Wildman–Crippen MR) is 48.8 cm³/mol. The molecule has 0 N–H and O–H groups in total. The second-order valence-electron chi connectivity index (χ2n) is 2.55. The molecule has 15 heavy (non-hydrogen) atoms. The van der Waals surface area contributed by atoms with Gasteiger partial charge in [0.1, 0.15) is 10.8 Å². The molecule has 0 aliphatic rings. The van der Waals surface area contributed by atoms with E-state index in [1.165, 1.54) is 0 Å². The normalized spacial score (nSPS) is 11.7. The van der Waals surface area contributed by atoms with Crippen LogP contribution in [0, 0.1) is 11.6 Å². The standard InChI is InChI=1S/C7H6ClF2NO3S/c1-14-15(12,13)3-5-7(10)6(8)4(9)2-11-5/h2H,3H2,1H3. The molecule has 0 amide bonds. The molecule has 1 aromatic rings. The van der Waals surface area contributed by atoms with Crippen molar-refractivity contribution in [2.45, 2.75) is 5.75 Å². The highest BCUT2D eigenvalue weighted by Crippen LogP contribution is 2.21. The smallest absolute Gasteiger partial charge is 0.272 e. The first kappa shape index (κ1) is 12.3. The molecule has 0 saturated carbocycles. The Morgan fingerprint density at radius 1 is 1.53 bits per heavy atom. The topological polar surface area (TPSA) is 56.3 Å². The monoisotopic (exact) mass is 257 g/mol. The number of nitrogens with zero attached hydrogens (tertiary/aromatic N) is 1. The molecular weight excluding hydrogens is 252 g/mol. The van der Waals surface area contributed by atoms with Crippen LogP contribution in [-0.2, 0) is 20.1 Å². The van der Waals surface area contributed by atoms with E-state index >= 15 is 0 Å². The summed E-state index contributed by atoms with van der Waals surface area (Å²) in [6.45, 7) is 0. The van der Waals surface area contributed by atoms with Gasteiger partial charge in [-0.15, -0.1) is 0 Å². The van der Waals surface area contributed by atoms with Crippen LogP contribution in [0.1, 0.15) is 5.69 Å². The van der Waals surface area contributed by atoms with E-state index in [2.05, 4.69) is 9.17 Å². The van der Waals surface area contributed by atoms with Gasteiger partial charge >= 0.3 is 0 Å². The molecule has 0 radical (unpaired) electrons. The summed E-state index contributed by atoms with van der Waals surface area (Å²) in [6, 6.07) is 0. The lowest BCUT2D eigenvalue weighted by molar-refractivity contribution is 0.395. The highest BCUT2D eigenvalue weighted by Gasteiger charge is 2.19. The van der Waals surface area contributed by atoms with Crippen LogP contribution in [0.15, 0.2) is 6.20 Å². The van der Waals surface area contributed by atoms with Crippen molar-refractivity contribution >= 4 is 21.7 Å². The Labute approximate surface area is 90.0 Å². The highest BCUT2D eigenvalue weighted by atomic mass is 35.5. The van der Waals surface area contributed by atoms with E-state index < -0.39 is 38.2 Å². The molecule has 0 bridgehead atoms. The van der Waals surface area contributed by atoms with E-state index in [0.717, 1.165) is 7.11 Å². The van der Waals surface area contributed by atoms with E-state index in [9.17, 15) is 17.2 Å². The number of halogens is 3. The van der Waals surface area contributed by atoms with Crippen molar-refractivity contribution in [2.24, 2.45) is 0 Å². The molecule has 0 aromatic carbocycles. The SMILES string of the molecule is COS(=O)(=O)Cc1ncc(F)c(Cl)c1F. The summed E-state index contributed by atoms with van der Waals surface area (Å²) in [5.41, 5.74) is -0.483. The maximum atomic E-state index is 13.2. The van der Waals surface area contributed by atoms with Gasteiger partial charge in [-0.2, -0.15) is 8.42 Å². The molecule has 8 heteroatoms. The van der Waals surface area contributed by atoms with Crippen LogP contribution < -0.4 is 0 Å². The number of hydrogen-bond donors (Lipinski definition) is 0. The summed E-state index contributed by atoms with van der Waals surface area (Å²) in [5, 5.41) is -0.786. The van der Waals surface area contributed by atoms with E-state index in [-0.39, 0.29) is 0 Å². The van der Waals surface area contributed by atoms with Gasteiger partial charge in [-0.3, -0.25) is 9.17 Å². The van der Waals surface area contributed by atoms with Gasteiger partial charge in [0.25, 0.3) is 10.1 Å². The lowest BCUT2D eigenvalue weighted by atomic mass is 10.3. The molecule has 0 aliphatic carbocycles. The van der Waals surface area contributed by atoms with Crippen molar-refractivity contribution in [3.05, 3.63) is 28.5 Å². The summed E-state index contributed by atoms with van der Waals surface area (Å²) >= 11 is 5.23. The van der Waals surface area contributed by atoms with Crippen LogP contribution in [0.5, 0.6) is 0 Å². The Hall–Kier alpha value is -0.790. The average Bonchev–Trinajstić information content (AvgIpc) is 2.19. The Kier molecular flexibility index (Phi) is 3.58. The van der Waals surface area contributed by atoms with Gasteiger partial charge in [0, 0.05) is 0 Å². The maximum Gasteiger partial charge on any atom is 0.272 e. The van der Waals surface area contributed by atoms with Gasteiger partial charge in [0.15, 0.2) is 11.6 Å². The second kappa shape index (κ2) is 4.38. The van der Waals surface area contributed by atoms with Gasteiger partial charge in [-0.25, -0.2) is 8.78 Å². The Bertz CT molecular complexity index is 477. The van der Waals surface area contributed by atoms with Gasteiger partial charge in [0.2, 0.25) is 0 Å². The number of hydrogen-bond acceptors (Lipinski definition) is 4. The third kappa shape index (κ3) is 2.83. The van der Waals surface area contributed by atoms with Crippen LogP contribution in [0.25, 0.3) is 0 Å². The Morgan fingerprint density at radius 2 is 2.13 bits per heavy atom. The van der Waals surface area contributed by atoms with E-state index in [1.54, 1.807) is 0 Å². The first-order valence-corrected chi connectivity index (χ1v) is 5.59. The van der Waals surface area contributed by atoms with Crippen molar-refractivity contribution in [3.63, 3.8) is 0 Å². The van der Waals surface area contributed by atoms with Crippen LogP contribution in [0.4, 0.5) is 8.78 Å². The minimum absolute atomic E-state index is 0.483. The van der Waals surface area contributed by atoms with Crippen LogP contribution in [0.2, 0.25) is 5.02 Å².